The Hall–Kier alpha value is -0.930. The fourth-order valence-electron chi connectivity index (χ4n) is 1.46. The van der Waals surface area contributed by atoms with E-state index in [0.29, 0.717) is 0 Å². The highest BCUT2D eigenvalue weighted by atomic mass is 79.9. The third-order valence-electron chi connectivity index (χ3n) is 2.22. The number of benzene rings is 2. The Bertz CT molecular complexity index is 497. The second kappa shape index (κ2) is 4.29. The first-order chi connectivity index (χ1) is 7.18. The molecule has 0 radical (unpaired) electrons. The van der Waals surface area contributed by atoms with E-state index in [1.165, 1.54) is 0 Å². The highest BCUT2D eigenvalue weighted by molar-refractivity contribution is 9.10. The minimum atomic E-state index is 0.721. The molecule has 0 aliphatic rings. The Morgan fingerprint density at radius 3 is 2.53 bits per heavy atom. The number of thiol groups is 1. The minimum absolute atomic E-state index is 0.721. The van der Waals surface area contributed by atoms with Gasteiger partial charge in [-0.05, 0) is 23.8 Å². The van der Waals surface area contributed by atoms with Gasteiger partial charge in [-0.3, -0.25) is 0 Å². The van der Waals surface area contributed by atoms with Gasteiger partial charge in [-0.2, -0.15) is 0 Å². The number of anilines is 1. The first kappa shape index (κ1) is 10.6. The smallest absolute Gasteiger partial charge is 0.0529 e. The van der Waals surface area contributed by atoms with Gasteiger partial charge >= 0.3 is 0 Å². The maximum atomic E-state index is 5.97. The second-order valence-electron chi connectivity index (χ2n) is 3.25. The molecule has 0 unspecified atom stereocenters. The normalized spacial score (nSPS) is 10.3. The van der Waals surface area contributed by atoms with Gasteiger partial charge in [0.25, 0.3) is 0 Å². The molecule has 15 heavy (non-hydrogen) atoms. The van der Waals surface area contributed by atoms with Gasteiger partial charge in [-0.15, -0.1) is 12.6 Å². The molecule has 2 aromatic rings. The molecule has 76 valence electrons. The summed E-state index contributed by atoms with van der Waals surface area (Å²) in [6.45, 7) is 0. The van der Waals surface area contributed by atoms with E-state index in [1.54, 1.807) is 0 Å². The number of nitrogen functional groups attached to an aromatic ring is 1. The van der Waals surface area contributed by atoms with Gasteiger partial charge in [0.15, 0.2) is 0 Å². The van der Waals surface area contributed by atoms with E-state index in [9.17, 15) is 0 Å². The van der Waals surface area contributed by atoms with Crippen molar-refractivity contribution in [3.8, 4) is 11.1 Å². The van der Waals surface area contributed by atoms with Crippen molar-refractivity contribution in [1.29, 1.82) is 0 Å². The molecule has 0 saturated carbocycles. The highest BCUT2D eigenvalue weighted by Crippen LogP contribution is 2.31. The predicted octanol–water partition coefficient (Wildman–Crippen LogP) is 3.99. The second-order valence-corrected chi connectivity index (χ2v) is 4.65. The summed E-state index contributed by atoms with van der Waals surface area (Å²) < 4.78 is 1.05. The first-order valence-corrected chi connectivity index (χ1v) is 5.76. The van der Waals surface area contributed by atoms with Crippen LogP contribution in [0.15, 0.2) is 51.8 Å². The Labute approximate surface area is 103 Å². The third-order valence-corrected chi connectivity index (χ3v) is 3.10. The summed E-state index contributed by atoms with van der Waals surface area (Å²) in [4.78, 5) is 0.812. The molecule has 1 nitrogen and oxygen atoms in total. The van der Waals surface area contributed by atoms with Crippen molar-refractivity contribution in [3.63, 3.8) is 0 Å². The monoisotopic (exact) mass is 279 g/mol. The lowest BCUT2D eigenvalue weighted by Crippen LogP contribution is -1.91. The van der Waals surface area contributed by atoms with Gasteiger partial charge in [0.1, 0.15) is 0 Å². The van der Waals surface area contributed by atoms with Gasteiger partial charge in [-0.1, -0.05) is 40.2 Å². The van der Waals surface area contributed by atoms with E-state index in [0.717, 1.165) is 26.2 Å². The number of nitrogens with two attached hydrogens (primary N) is 1. The van der Waals surface area contributed by atoms with Crippen molar-refractivity contribution in [1.82, 2.24) is 0 Å². The maximum absolute atomic E-state index is 5.97. The molecular weight excluding hydrogens is 270 g/mol. The Morgan fingerprint density at radius 2 is 1.80 bits per heavy atom. The molecule has 0 atom stereocenters. The van der Waals surface area contributed by atoms with Crippen LogP contribution >= 0.6 is 28.6 Å². The van der Waals surface area contributed by atoms with Crippen molar-refractivity contribution in [2.75, 3.05) is 5.73 Å². The Morgan fingerprint density at radius 1 is 1.07 bits per heavy atom. The third kappa shape index (κ3) is 2.19. The van der Waals surface area contributed by atoms with Crippen LogP contribution in [0.5, 0.6) is 0 Å². The van der Waals surface area contributed by atoms with Crippen molar-refractivity contribution >= 4 is 34.2 Å². The SMILES string of the molecule is Nc1c(S)cccc1-c1cccc(Br)c1. The largest absolute Gasteiger partial charge is 0.397 e. The van der Waals surface area contributed by atoms with Crippen LogP contribution in [0.25, 0.3) is 11.1 Å². The average molecular weight is 280 g/mol. The maximum Gasteiger partial charge on any atom is 0.0529 e. The summed E-state index contributed by atoms with van der Waals surface area (Å²) in [5.41, 5.74) is 8.81. The Balaban J connectivity index is 2.59. The lowest BCUT2D eigenvalue weighted by Gasteiger charge is -2.08. The van der Waals surface area contributed by atoms with E-state index in [1.807, 2.05) is 42.5 Å². The molecule has 2 N–H and O–H groups in total. The summed E-state index contributed by atoms with van der Waals surface area (Å²) in [6, 6.07) is 13.9. The summed E-state index contributed by atoms with van der Waals surface area (Å²) in [6.07, 6.45) is 0. The molecule has 0 bridgehead atoms. The number of halogens is 1. The number of hydrogen-bond acceptors (Lipinski definition) is 2. The summed E-state index contributed by atoms with van der Waals surface area (Å²) in [7, 11) is 0. The van der Waals surface area contributed by atoms with Crippen LogP contribution in [0.1, 0.15) is 0 Å². The van der Waals surface area contributed by atoms with E-state index >= 15 is 0 Å². The topological polar surface area (TPSA) is 26.0 Å². The van der Waals surface area contributed by atoms with Crippen LogP contribution in [0, 0.1) is 0 Å². The standard InChI is InChI=1S/C12H10BrNS/c13-9-4-1-3-8(7-9)10-5-2-6-11(15)12(10)14/h1-7,15H,14H2. The number of rotatable bonds is 1. The molecule has 0 spiro atoms. The lowest BCUT2D eigenvalue weighted by atomic mass is 10.0. The summed E-state index contributed by atoms with van der Waals surface area (Å²) in [5.74, 6) is 0. The minimum Gasteiger partial charge on any atom is -0.397 e. The molecule has 3 heteroatoms. The van der Waals surface area contributed by atoms with Crippen LogP contribution in [-0.2, 0) is 0 Å². The molecule has 0 aliphatic carbocycles. The van der Waals surface area contributed by atoms with E-state index in [-0.39, 0.29) is 0 Å². The zero-order valence-electron chi connectivity index (χ0n) is 7.94. The molecule has 0 amide bonds. The molecule has 2 aromatic carbocycles. The molecule has 0 aromatic heterocycles. The summed E-state index contributed by atoms with van der Waals surface area (Å²) >= 11 is 7.75. The molecule has 0 heterocycles. The molecule has 0 saturated heterocycles. The zero-order chi connectivity index (χ0) is 10.8. The van der Waals surface area contributed by atoms with Crippen molar-refractivity contribution in [2.24, 2.45) is 0 Å². The quantitative estimate of drug-likeness (QED) is 0.599. The lowest BCUT2D eigenvalue weighted by molar-refractivity contribution is 1.46. The van der Waals surface area contributed by atoms with Crippen LogP contribution in [-0.4, -0.2) is 0 Å². The fraction of sp³-hybridized carbons (Fsp3) is 0. The van der Waals surface area contributed by atoms with Crippen LogP contribution in [0.3, 0.4) is 0 Å². The molecule has 0 aliphatic heterocycles. The number of hydrogen-bond donors (Lipinski definition) is 2. The Kier molecular flexibility index (Phi) is 3.03. The highest BCUT2D eigenvalue weighted by Gasteiger charge is 2.04. The van der Waals surface area contributed by atoms with Crippen molar-refractivity contribution in [3.05, 3.63) is 46.9 Å². The van der Waals surface area contributed by atoms with Crippen molar-refractivity contribution < 1.29 is 0 Å². The number of para-hydroxylation sites is 1. The molecule has 0 fully saturated rings. The van der Waals surface area contributed by atoms with E-state index in [4.69, 9.17) is 5.73 Å². The van der Waals surface area contributed by atoms with Crippen LogP contribution < -0.4 is 5.73 Å². The predicted molar refractivity (Wildman–Crippen MR) is 71.2 cm³/mol. The molecular formula is C12H10BrNS. The van der Waals surface area contributed by atoms with Crippen LogP contribution in [0.2, 0.25) is 0 Å². The van der Waals surface area contributed by atoms with Gasteiger partial charge < -0.3 is 5.73 Å². The van der Waals surface area contributed by atoms with Crippen LogP contribution in [0.4, 0.5) is 5.69 Å². The zero-order valence-corrected chi connectivity index (χ0v) is 10.4. The van der Waals surface area contributed by atoms with Crippen molar-refractivity contribution in [2.45, 2.75) is 4.90 Å². The summed E-state index contributed by atoms with van der Waals surface area (Å²) in [5, 5.41) is 0. The van der Waals surface area contributed by atoms with Gasteiger partial charge in [0.2, 0.25) is 0 Å². The first-order valence-electron chi connectivity index (χ1n) is 4.52. The van der Waals surface area contributed by atoms with Gasteiger partial charge in [0.05, 0.1) is 5.69 Å². The molecule has 2 rings (SSSR count). The van der Waals surface area contributed by atoms with E-state index in [2.05, 4.69) is 28.6 Å². The van der Waals surface area contributed by atoms with Gasteiger partial charge in [-0.25, -0.2) is 0 Å². The average Bonchev–Trinajstić information content (AvgIpc) is 2.22. The van der Waals surface area contributed by atoms with Gasteiger partial charge in [0, 0.05) is 14.9 Å². The van der Waals surface area contributed by atoms with E-state index < -0.39 is 0 Å². The fourth-order valence-corrected chi connectivity index (χ4v) is 2.07.